The summed E-state index contributed by atoms with van der Waals surface area (Å²) in [6.45, 7) is 1.58. The highest BCUT2D eigenvalue weighted by molar-refractivity contribution is 7.80. The number of aliphatic imine (C=N–C) groups is 1. The number of carbonyl (C=O) groups is 3. The molecule has 11 nitrogen and oxygen atoms in total. The molecule has 0 rings (SSSR count). The highest BCUT2D eigenvalue weighted by atomic mass is 32.1. The summed E-state index contributed by atoms with van der Waals surface area (Å²) in [5.74, 6) is -3.01. The van der Waals surface area contributed by atoms with Crippen LogP contribution in [0.4, 0.5) is 0 Å². The van der Waals surface area contributed by atoms with Gasteiger partial charge in [-0.15, -0.1) is 0 Å². The fourth-order valence-electron chi connectivity index (χ4n) is 1.76. The number of rotatable bonds is 11. The van der Waals surface area contributed by atoms with E-state index in [1.165, 1.54) is 6.92 Å². The third-order valence-electron chi connectivity index (χ3n) is 3.16. The number of aliphatic hydroxyl groups excluding tert-OH is 1. The molecule has 25 heavy (non-hydrogen) atoms. The minimum atomic E-state index is -1.35. The van der Waals surface area contributed by atoms with Crippen molar-refractivity contribution in [2.75, 3.05) is 12.3 Å². The van der Waals surface area contributed by atoms with Gasteiger partial charge in [0.15, 0.2) is 5.96 Å². The Labute approximate surface area is 150 Å². The minimum absolute atomic E-state index is 0.0685. The number of thiol groups is 1. The van der Waals surface area contributed by atoms with Crippen LogP contribution < -0.4 is 27.8 Å². The molecule has 0 saturated carbocycles. The smallest absolute Gasteiger partial charge is 0.327 e. The van der Waals surface area contributed by atoms with Gasteiger partial charge in [0.2, 0.25) is 11.8 Å². The number of nitrogens with zero attached hydrogens (tertiary/aromatic N) is 1. The van der Waals surface area contributed by atoms with Crippen LogP contribution in [0.25, 0.3) is 0 Å². The molecule has 0 bridgehead atoms. The van der Waals surface area contributed by atoms with E-state index in [-0.39, 0.29) is 18.1 Å². The Morgan fingerprint density at radius 3 is 2.24 bits per heavy atom. The number of aliphatic carboxylic acids is 1. The lowest BCUT2D eigenvalue weighted by molar-refractivity contribution is -0.142. The maximum atomic E-state index is 12.1. The molecule has 10 N–H and O–H groups in total. The van der Waals surface area contributed by atoms with Crippen molar-refractivity contribution in [2.45, 2.75) is 44.0 Å². The van der Waals surface area contributed by atoms with Crippen LogP contribution in [0.15, 0.2) is 4.99 Å². The van der Waals surface area contributed by atoms with Gasteiger partial charge in [0.05, 0.1) is 12.1 Å². The average molecular weight is 378 g/mol. The number of guanidine groups is 1. The van der Waals surface area contributed by atoms with E-state index in [9.17, 15) is 19.5 Å². The molecule has 0 radical (unpaired) electrons. The van der Waals surface area contributed by atoms with Crippen molar-refractivity contribution >= 4 is 36.4 Å². The Morgan fingerprint density at radius 1 is 1.20 bits per heavy atom. The highest BCUT2D eigenvalue weighted by Crippen LogP contribution is 2.00. The Morgan fingerprint density at radius 2 is 1.80 bits per heavy atom. The maximum Gasteiger partial charge on any atom is 0.327 e. The second-order valence-electron chi connectivity index (χ2n) is 5.36. The van der Waals surface area contributed by atoms with E-state index in [1.54, 1.807) is 0 Å². The lowest BCUT2D eigenvalue weighted by atomic mass is 10.1. The van der Waals surface area contributed by atoms with Crippen molar-refractivity contribution in [3.05, 3.63) is 0 Å². The van der Waals surface area contributed by atoms with Crippen molar-refractivity contribution in [3.63, 3.8) is 0 Å². The molecule has 0 aromatic rings. The van der Waals surface area contributed by atoms with Crippen molar-refractivity contribution < 1.29 is 24.6 Å². The average Bonchev–Trinajstić information content (AvgIpc) is 2.52. The number of carboxylic acid groups (broad SMARTS) is 1. The summed E-state index contributed by atoms with van der Waals surface area (Å²) in [4.78, 5) is 38.8. The molecule has 0 aromatic carbocycles. The van der Waals surface area contributed by atoms with E-state index >= 15 is 0 Å². The molecule has 4 atom stereocenters. The topological polar surface area (TPSA) is 206 Å². The Bertz CT molecular complexity index is 497. The van der Waals surface area contributed by atoms with E-state index in [4.69, 9.17) is 22.3 Å². The third-order valence-corrected chi connectivity index (χ3v) is 3.53. The number of hydrogen-bond donors (Lipinski definition) is 8. The van der Waals surface area contributed by atoms with Gasteiger partial charge in [0.1, 0.15) is 12.1 Å². The van der Waals surface area contributed by atoms with Crippen molar-refractivity contribution in [3.8, 4) is 0 Å². The molecular weight excluding hydrogens is 352 g/mol. The van der Waals surface area contributed by atoms with E-state index in [1.807, 2.05) is 0 Å². The molecule has 0 saturated heterocycles. The zero-order chi connectivity index (χ0) is 19.6. The number of nitrogens with one attached hydrogen (secondary N) is 2. The first-order valence-electron chi connectivity index (χ1n) is 7.53. The van der Waals surface area contributed by atoms with Gasteiger partial charge in [-0.05, 0) is 19.8 Å². The molecule has 0 fully saturated rings. The van der Waals surface area contributed by atoms with Crippen LogP contribution in [-0.2, 0) is 14.4 Å². The Kier molecular flexibility index (Phi) is 10.6. The standard InChI is InChI=1S/C13H26N6O5S/c1-6(20)9(11(22)18-8(5-25)12(23)24)19-10(21)7(14)3-2-4-17-13(15)16/h6-9,20,25H,2-5,14H2,1H3,(H,18,22)(H,19,21)(H,23,24)(H4,15,16,17)/t6-,7+,8+,9+/m1/s1. The number of hydrogen-bond acceptors (Lipinski definition) is 7. The van der Waals surface area contributed by atoms with Gasteiger partial charge in [0.25, 0.3) is 0 Å². The molecule has 0 spiro atoms. The van der Waals surface area contributed by atoms with Gasteiger partial charge in [-0.2, -0.15) is 12.6 Å². The molecule has 0 aromatic heterocycles. The van der Waals surface area contributed by atoms with Crippen LogP contribution >= 0.6 is 12.6 Å². The van der Waals surface area contributed by atoms with Crippen molar-refractivity contribution in [1.82, 2.24) is 10.6 Å². The molecule has 2 amide bonds. The summed E-state index contributed by atoms with van der Waals surface area (Å²) in [7, 11) is 0. The first-order chi connectivity index (χ1) is 11.6. The summed E-state index contributed by atoms with van der Waals surface area (Å²) in [5, 5.41) is 23.1. The number of aliphatic hydroxyl groups is 1. The summed E-state index contributed by atoms with van der Waals surface area (Å²) < 4.78 is 0. The number of amides is 2. The van der Waals surface area contributed by atoms with Gasteiger partial charge >= 0.3 is 5.97 Å². The van der Waals surface area contributed by atoms with Gasteiger partial charge in [-0.1, -0.05) is 0 Å². The van der Waals surface area contributed by atoms with E-state index in [0.29, 0.717) is 13.0 Å². The first kappa shape index (κ1) is 22.9. The monoisotopic (exact) mass is 378 g/mol. The van der Waals surface area contributed by atoms with Gasteiger partial charge in [0, 0.05) is 12.3 Å². The minimum Gasteiger partial charge on any atom is -0.480 e. The lowest BCUT2D eigenvalue weighted by Gasteiger charge is -2.24. The Balaban J connectivity index is 4.68. The largest absolute Gasteiger partial charge is 0.480 e. The zero-order valence-electron chi connectivity index (χ0n) is 13.9. The molecule has 12 heteroatoms. The van der Waals surface area contributed by atoms with Crippen molar-refractivity contribution in [1.29, 1.82) is 0 Å². The quantitative estimate of drug-likeness (QED) is 0.0790. The maximum absolute atomic E-state index is 12.1. The molecule has 144 valence electrons. The van der Waals surface area contributed by atoms with Crippen LogP contribution in [0.3, 0.4) is 0 Å². The number of carbonyl (C=O) groups excluding carboxylic acids is 2. The number of carboxylic acids is 1. The van der Waals surface area contributed by atoms with E-state index in [2.05, 4.69) is 28.3 Å². The van der Waals surface area contributed by atoms with E-state index < -0.39 is 42.0 Å². The molecule has 0 aliphatic carbocycles. The highest BCUT2D eigenvalue weighted by Gasteiger charge is 2.30. The summed E-state index contributed by atoms with van der Waals surface area (Å²) >= 11 is 3.82. The van der Waals surface area contributed by atoms with Crippen LogP contribution in [0.2, 0.25) is 0 Å². The molecular formula is C13H26N6O5S. The summed E-state index contributed by atoms with van der Waals surface area (Å²) in [6, 6.07) is -3.54. The third kappa shape index (κ3) is 9.12. The second-order valence-corrected chi connectivity index (χ2v) is 5.73. The van der Waals surface area contributed by atoms with E-state index in [0.717, 1.165) is 0 Å². The first-order valence-corrected chi connectivity index (χ1v) is 8.16. The zero-order valence-corrected chi connectivity index (χ0v) is 14.8. The predicted octanol–water partition coefficient (Wildman–Crippen LogP) is -3.27. The lowest BCUT2D eigenvalue weighted by Crippen LogP contribution is -2.58. The molecule has 0 heterocycles. The Hall–Kier alpha value is -2.05. The van der Waals surface area contributed by atoms with Crippen LogP contribution in [0.5, 0.6) is 0 Å². The summed E-state index contributed by atoms with van der Waals surface area (Å²) in [5.41, 5.74) is 16.1. The predicted molar refractivity (Wildman–Crippen MR) is 94.9 cm³/mol. The molecule has 0 unspecified atom stereocenters. The fourth-order valence-corrected chi connectivity index (χ4v) is 2.01. The number of nitrogens with two attached hydrogens (primary N) is 3. The normalized spacial score (nSPS) is 15.4. The molecule has 0 aliphatic heterocycles. The van der Waals surface area contributed by atoms with Crippen LogP contribution in [-0.4, -0.2) is 70.5 Å². The van der Waals surface area contributed by atoms with Gasteiger partial charge in [-0.3, -0.25) is 14.6 Å². The van der Waals surface area contributed by atoms with Crippen LogP contribution in [0.1, 0.15) is 19.8 Å². The van der Waals surface area contributed by atoms with Gasteiger partial charge in [-0.25, -0.2) is 4.79 Å². The summed E-state index contributed by atoms with van der Waals surface area (Å²) in [6.07, 6.45) is -0.559. The van der Waals surface area contributed by atoms with Crippen molar-refractivity contribution in [2.24, 2.45) is 22.2 Å². The second kappa shape index (κ2) is 11.5. The SMILES string of the molecule is C[C@@H](O)[C@H](NC(=O)[C@@H](N)CCCN=C(N)N)C(=O)N[C@@H](CS)C(=O)O. The van der Waals surface area contributed by atoms with Gasteiger partial charge < -0.3 is 38.0 Å². The fraction of sp³-hybridized carbons (Fsp3) is 0.692. The van der Waals surface area contributed by atoms with Crippen LogP contribution in [0, 0.1) is 0 Å². The molecule has 0 aliphatic rings.